The van der Waals surface area contributed by atoms with E-state index in [0.717, 1.165) is 55.7 Å². The Bertz CT molecular complexity index is 742. The van der Waals surface area contributed by atoms with Crippen LogP contribution in [0.15, 0.2) is 29.2 Å². The maximum absolute atomic E-state index is 12.2. The molecule has 0 N–H and O–H groups in total. The first-order valence-electron chi connectivity index (χ1n) is 8.14. The van der Waals surface area contributed by atoms with E-state index >= 15 is 0 Å². The van der Waals surface area contributed by atoms with Gasteiger partial charge in [0, 0.05) is 51.0 Å². The average Bonchev–Trinajstić information content (AvgIpc) is 3.34. The van der Waals surface area contributed by atoms with E-state index in [2.05, 4.69) is 14.8 Å². The largest absolute Gasteiger partial charge is 0.298 e. The summed E-state index contributed by atoms with van der Waals surface area (Å²) in [5.41, 5.74) is 2.71. The maximum atomic E-state index is 12.2. The Morgan fingerprint density at radius 3 is 2.68 bits per heavy atom. The summed E-state index contributed by atoms with van der Waals surface area (Å²) in [7, 11) is 0. The van der Waals surface area contributed by atoms with Gasteiger partial charge in [0.05, 0.1) is 5.69 Å². The highest BCUT2D eigenvalue weighted by molar-refractivity contribution is 5.39. The first kappa shape index (κ1) is 13.9. The molecule has 0 aromatic carbocycles. The van der Waals surface area contributed by atoms with Crippen LogP contribution in [0.25, 0.3) is 5.65 Å². The van der Waals surface area contributed by atoms with Gasteiger partial charge in [-0.05, 0) is 31.4 Å². The van der Waals surface area contributed by atoms with E-state index < -0.39 is 0 Å². The van der Waals surface area contributed by atoms with E-state index in [1.807, 2.05) is 25.3 Å². The standard InChI is InChI=1S/C17H22N4O/c1-13-2-5-16-18-14(10-17(22)21(16)11-13)12-19-6-8-20(9-7-19)15-3-4-15/h2,5,10-11,15H,3-4,6-9,12H2,1H3. The van der Waals surface area contributed by atoms with Gasteiger partial charge in [0.1, 0.15) is 5.65 Å². The van der Waals surface area contributed by atoms with Gasteiger partial charge in [-0.1, -0.05) is 6.07 Å². The van der Waals surface area contributed by atoms with E-state index in [9.17, 15) is 4.79 Å². The van der Waals surface area contributed by atoms with Crippen molar-refractivity contribution in [2.24, 2.45) is 0 Å². The summed E-state index contributed by atoms with van der Waals surface area (Å²) in [6.07, 6.45) is 4.60. The summed E-state index contributed by atoms with van der Waals surface area (Å²) in [4.78, 5) is 21.9. The molecule has 1 saturated heterocycles. The summed E-state index contributed by atoms with van der Waals surface area (Å²) >= 11 is 0. The molecule has 2 aliphatic rings. The van der Waals surface area contributed by atoms with Crippen molar-refractivity contribution in [2.75, 3.05) is 26.2 Å². The van der Waals surface area contributed by atoms with Gasteiger partial charge in [0.25, 0.3) is 5.56 Å². The van der Waals surface area contributed by atoms with Crippen LogP contribution < -0.4 is 5.56 Å². The Morgan fingerprint density at radius 2 is 1.95 bits per heavy atom. The van der Waals surface area contributed by atoms with Crippen molar-refractivity contribution in [3.8, 4) is 0 Å². The SMILES string of the molecule is Cc1ccc2nc(CN3CCN(C4CC4)CC3)cc(=O)n2c1. The Hall–Kier alpha value is -1.72. The Balaban J connectivity index is 1.50. The van der Waals surface area contributed by atoms with Gasteiger partial charge in [-0.25, -0.2) is 4.98 Å². The molecule has 0 amide bonds. The summed E-state index contributed by atoms with van der Waals surface area (Å²) in [5.74, 6) is 0. The van der Waals surface area contributed by atoms with Gasteiger partial charge in [-0.3, -0.25) is 19.0 Å². The van der Waals surface area contributed by atoms with Crippen molar-refractivity contribution in [1.82, 2.24) is 19.2 Å². The second-order valence-electron chi connectivity index (χ2n) is 6.56. The third-order valence-electron chi connectivity index (χ3n) is 4.72. The topological polar surface area (TPSA) is 40.9 Å². The molecule has 5 nitrogen and oxygen atoms in total. The smallest absolute Gasteiger partial charge is 0.258 e. The lowest BCUT2D eigenvalue weighted by Gasteiger charge is -2.34. The lowest BCUT2D eigenvalue weighted by molar-refractivity contribution is 0.120. The van der Waals surface area contributed by atoms with Gasteiger partial charge in [0.2, 0.25) is 0 Å². The number of aryl methyl sites for hydroxylation is 1. The van der Waals surface area contributed by atoms with Gasteiger partial charge < -0.3 is 0 Å². The van der Waals surface area contributed by atoms with E-state index in [1.54, 1.807) is 10.5 Å². The number of hydrogen-bond donors (Lipinski definition) is 0. The van der Waals surface area contributed by atoms with Crippen LogP contribution in [-0.2, 0) is 6.54 Å². The molecular formula is C17H22N4O. The molecule has 0 spiro atoms. The van der Waals surface area contributed by atoms with Gasteiger partial charge in [-0.15, -0.1) is 0 Å². The monoisotopic (exact) mass is 298 g/mol. The normalized spacial score (nSPS) is 20.6. The van der Waals surface area contributed by atoms with Gasteiger partial charge in [-0.2, -0.15) is 0 Å². The molecule has 1 aliphatic heterocycles. The molecule has 0 unspecified atom stereocenters. The number of piperazine rings is 1. The number of nitrogens with zero attached hydrogens (tertiary/aromatic N) is 4. The van der Waals surface area contributed by atoms with E-state index in [0.29, 0.717) is 0 Å². The maximum Gasteiger partial charge on any atom is 0.258 e. The zero-order valence-electron chi connectivity index (χ0n) is 13.0. The fraction of sp³-hybridized carbons (Fsp3) is 0.529. The van der Waals surface area contributed by atoms with Crippen LogP contribution in [0.4, 0.5) is 0 Å². The van der Waals surface area contributed by atoms with Crippen LogP contribution in [0.1, 0.15) is 24.1 Å². The molecule has 1 aliphatic carbocycles. The second kappa shape index (κ2) is 5.48. The molecule has 0 radical (unpaired) electrons. The van der Waals surface area contributed by atoms with Crippen molar-refractivity contribution in [3.05, 3.63) is 46.0 Å². The molecule has 0 bridgehead atoms. The first-order chi connectivity index (χ1) is 10.7. The van der Waals surface area contributed by atoms with E-state index in [-0.39, 0.29) is 5.56 Å². The fourth-order valence-electron chi connectivity index (χ4n) is 3.29. The number of rotatable bonds is 3. The molecular weight excluding hydrogens is 276 g/mol. The highest BCUT2D eigenvalue weighted by Gasteiger charge is 2.31. The van der Waals surface area contributed by atoms with Gasteiger partial charge in [0.15, 0.2) is 0 Å². The molecule has 0 atom stereocenters. The Morgan fingerprint density at radius 1 is 1.18 bits per heavy atom. The summed E-state index contributed by atoms with van der Waals surface area (Å²) in [6, 6.07) is 6.46. The van der Waals surface area contributed by atoms with Crippen LogP contribution in [0.2, 0.25) is 0 Å². The number of pyridine rings is 1. The van der Waals surface area contributed by atoms with Crippen molar-refractivity contribution in [3.63, 3.8) is 0 Å². The van der Waals surface area contributed by atoms with Crippen LogP contribution >= 0.6 is 0 Å². The summed E-state index contributed by atoms with van der Waals surface area (Å²) < 4.78 is 1.63. The second-order valence-corrected chi connectivity index (χ2v) is 6.56. The fourth-order valence-corrected chi connectivity index (χ4v) is 3.29. The van der Waals surface area contributed by atoms with Gasteiger partial charge >= 0.3 is 0 Å². The van der Waals surface area contributed by atoms with E-state index in [1.165, 1.54) is 12.8 Å². The van der Waals surface area contributed by atoms with Crippen molar-refractivity contribution >= 4 is 5.65 Å². The molecule has 116 valence electrons. The highest BCUT2D eigenvalue weighted by atomic mass is 16.1. The van der Waals surface area contributed by atoms with E-state index in [4.69, 9.17) is 0 Å². The molecule has 4 rings (SSSR count). The minimum absolute atomic E-state index is 0.0142. The summed E-state index contributed by atoms with van der Waals surface area (Å²) in [5, 5.41) is 0. The van der Waals surface area contributed by atoms with Crippen LogP contribution in [0.3, 0.4) is 0 Å². The zero-order valence-corrected chi connectivity index (χ0v) is 13.0. The number of fused-ring (bicyclic) bond motifs is 1. The number of hydrogen-bond acceptors (Lipinski definition) is 4. The lowest BCUT2D eigenvalue weighted by atomic mass is 10.2. The molecule has 3 heterocycles. The predicted molar refractivity (Wildman–Crippen MR) is 86.1 cm³/mol. The molecule has 1 saturated carbocycles. The average molecular weight is 298 g/mol. The molecule has 2 aromatic rings. The first-order valence-corrected chi connectivity index (χ1v) is 8.14. The third kappa shape index (κ3) is 2.78. The Kier molecular flexibility index (Phi) is 3.47. The highest BCUT2D eigenvalue weighted by Crippen LogP contribution is 2.27. The number of aromatic nitrogens is 2. The lowest BCUT2D eigenvalue weighted by Crippen LogP contribution is -2.46. The minimum Gasteiger partial charge on any atom is -0.298 e. The minimum atomic E-state index is 0.0142. The molecule has 2 fully saturated rings. The predicted octanol–water partition coefficient (Wildman–Crippen LogP) is 1.28. The van der Waals surface area contributed by atoms with Crippen LogP contribution in [0, 0.1) is 6.92 Å². The molecule has 2 aromatic heterocycles. The summed E-state index contributed by atoms with van der Waals surface area (Å²) in [6.45, 7) is 7.21. The van der Waals surface area contributed by atoms with Crippen molar-refractivity contribution in [1.29, 1.82) is 0 Å². The Labute approximate surface area is 130 Å². The third-order valence-corrected chi connectivity index (χ3v) is 4.72. The zero-order chi connectivity index (χ0) is 15.1. The van der Waals surface area contributed by atoms with Crippen LogP contribution in [-0.4, -0.2) is 51.4 Å². The quantitative estimate of drug-likeness (QED) is 0.856. The van der Waals surface area contributed by atoms with Crippen molar-refractivity contribution in [2.45, 2.75) is 32.4 Å². The molecule has 22 heavy (non-hydrogen) atoms. The molecule has 5 heteroatoms. The van der Waals surface area contributed by atoms with Crippen LogP contribution in [0.5, 0.6) is 0 Å². The van der Waals surface area contributed by atoms with Crippen molar-refractivity contribution < 1.29 is 0 Å².